The Hall–Kier alpha value is -0.0800. The fourth-order valence-electron chi connectivity index (χ4n) is 5.33. The van der Waals surface area contributed by atoms with Gasteiger partial charge in [-0.15, -0.1) is 0 Å². The van der Waals surface area contributed by atoms with Crippen LogP contribution in [0.15, 0.2) is 0 Å². The van der Waals surface area contributed by atoms with Gasteiger partial charge < -0.3 is 5.32 Å². The van der Waals surface area contributed by atoms with Gasteiger partial charge in [0, 0.05) is 24.7 Å². The molecule has 0 radical (unpaired) electrons. The third kappa shape index (κ3) is 4.01. The van der Waals surface area contributed by atoms with E-state index in [0.717, 1.165) is 24.0 Å². The van der Waals surface area contributed by atoms with E-state index in [-0.39, 0.29) is 0 Å². The highest BCUT2D eigenvalue weighted by molar-refractivity contribution is 4.90. The van der Waals surface area contributed by atoms with E-state index < -0.39 is 0 Å². The predicted molar refractivity (Wildman–Crippen MR) is 90.6 cm³/mol. The van der Waals surface area contributed by atoms with Crippen LogP contribution in [0.4, 0.5) is 0 Å². The van der Waals surface area contributed by atoms with Crippen LogP contribution in [-0.4, -0.2) is 36.6 Å². The molecule has 0 aromatic rings. The highest BCUT2D eigenvalue weighted by Gasteiger charge is 2.34. The second kappa shape index (κ2) is 7.97. The lowest BCUT2D eigenvalue weighted by molar-refractivity contribution is 0.0609. The van der Waals surface area contributed by atoms with Crippen molar-refractivity contribution >= 4 is 0 Å². The van der Waals surface area contributed by atoms with Gasteiger partial charge in [0.05, 0.1) is 0 Å². The molecule has 0 bridgehead atoms. The Morgan fingerprint density at radius 1 is 0.714 bits per heavy atom. The molecular weight excluding hydrogens is 256 g/mol. The number of rotatable bonds is 5. The smallest absolute Gasteiger partial charge is 0.0104 e. The first-order valence-electron chi connectivity index (χ1n) is 9.81. The molecule has 0 saturated heterocycles. The minimum absolute atomic E-state index is 0.791. The van der Waals surface area contributed by atoms with Crippen molar-refractivity contribution in [1.82, 2.24) is 10.2 Å². The van der Waals surface area contributed by atoms with Crippen LogP contribution in [-0.2, 0) is 0 Å². The van der Waals surface area contributed by atoms with Gasteiger partial charge in [0.2, 0.25) is 0 Å². The molecule has 2 atom stereocenters. The van der Waals surface area contributed by atoms with E-state index in [1.807, 2.05) is 0 Å². The van der Waals surface area contributed by atoms with Gasteiger partial charge in [-0.3, -0.25) is 4.90 Å². The monoisotopic (exact) mass is 292 g/mol. The lowest BCUT2D eigenvalue weighted by atomic mass is 9.87. The summed E-state index contributed by atoms with van der Waals surface area (Å²) >= 11 is 0. The zero-order valence-electron chi connectivity index (χ0n) is 14.2. The standard InChI is InChI=1S/C19H36N2/c1-20-19-14-8-9-16(19)15-21(17-10-4-2-5-11-17)18-12-6-3-7-13-18/h16-20H,2-15H2,1H3. The first kappa shape index (κ1) is 15.8. The molecule has 2 heteroatoms. The van der Waals surface area contributed by atoms with Crippen molar-refractivity contribution in [3.63, 3.8) is 0 Å². The Kier molecular flexibility index (Phi) is 5.99. The lowest BCUT2D eigenvalue weighted by Gasteiger charge is -2.43. The SMILES string of the molecule is CNC1CCCC1CN(C1CCCCC1)C1CCCCC1. The normalized spacial score (nSPS) is 32.9. The van der Waals surface area contributed by atoms with E-state index in [2.05, 4.69) is 17.3 Å². The van der Waals surface area contributed by atoms with E-state index in [4.69, 9.17) is 0 Å². The van der Waals surface area contributed by atoms with Gasteiger partial charge in [-0.05, 0) is 51.5 Å². The number of nitrogens with one attached hydrogen (secondary N) is 1. The maximum absolute atomic E-state index is 3.60. The van der Waals surface area contributed by atoms with Crippen LogP contribution in [0.25, 0.3) is 0 Å². The first-order valence-corrected chi connectivity index (χ1v) is 9.81. The van der Waals surface area contributed by atoms with Gasteiger partial charge in [0.25, 0.3) is 0 Å². The average Bonchev–Trinajstić information content (AvgIpc) is 3.01. The van der Waals surface area contributed by atoms with E-state index in [0.29, 0.717) is 0 Å². The third-order valence-electron chi connectivity index (χ3n) is 6.56. The summed E-state index contributed by atoms with van der Waals surface area (Å²) in [5.74, 6) is 0.916. The Bertz CT molecular complexity index is 274. The van der Waals surface area contributed by atoms with Crippen molar-refractivity contribution in [3.8, 4) is 0 Å². The highest BCUT2D eigenvalue weighted by atomic mass is 15.2. The quantitative estimate of drug-likeness (QED) is 0.811. The summed E-state index contributed by atoms with van der Waals surface area (Å²) in [5, 5.41) is 3.60. The van der Waals surface area contributed by atoms with Crippen LogP contribution in [0.2, 0.25) is 0 Å². The minimum atomic E-state index is 0.791. The molecule has 21 heavy (non-hydrogen) atoms. The fourth-order valence-corrected chi connectivity index (χ4v) is 5.33. The lowest BCUT2D eigenvalue weighted by Crippen LogP contribution is -2.49. The summed E-state index contributed by atoms with van der Waals surface area (Å²) in [7, 11) is 2.18. The van der Waals surface area contributed by atoms with E-state index in [1.165, 1.54) is 90.0 Å². The molecule has 0 aromatic heterocycles. The first-order chi connectivity index (χ1) is 10.4. The van der Waals surface area contributed by atoms with Gasteiger partial charge in [0.15, 0.2) is 0 Å². The summed E-state index contributed by atoms with van der Waals surface area (Å²) in [6.07, 6.45) is 19.1. The zero-order valence-corrected chi connectivity index (χ0v) is 14.2. The summed E-state index contributed by atoms with van der Waals surface area (Å²) in [6.45, 7) is 1.39. The number of nitrogens with zero attached hydrogens (tertiary/aromatic N) is 1. The van der Waals surface area contributed by atoms with Crippen molar-refractivity contribution < 1.29 is 0 Å². The Morgan fingerprint density at radius 3 is 1.81 bits per heavy atom. The number of hydrogen-bond donors (Lipinski definition) is 1. The van der Waals surface area contributed by atoms with E-state index >= 15 is 0 Å². The highest BCUT2D eigenvalue weighted by Crippen LogP contribution is 2.34. The summed E-state index contributed by atoms with van der Waals surface area (Å²) < 4.78 is 0. The second-order valence-corrected chi connectivity index (χ2v) is 7.87. The zero-order chi connectivity index (χ0) is 14.5. The molecule has 3 rings (SSSR count). The molecule has 0 aliphatic heterocycles. The Balaban J connectivity index is 1.65. The third-order valence-corrected chi connectivity index (χ3v) is 6.56. The molecule has 0 heterocycles. The van der Waals surface area contributed by atoms with Crippen LogP contribution in [0, 0.1) is 5.92 Å². The molecule has 0 amide bonds. The summed E-state index contributed by atoms with van der Waals surface area (Å²) in [6, 6.07) is 2.62. The molecule has 3 saturated carbocycles. The van der Waals surface area contributed by atoms with Crippen molar-refractivity contribution in [1.29, 1.82) is 0 Å². The van der Waals surface area contributed by atoms with Crippen LogP contribution in [0.3, 0.4) is 0 Å². The Morgan fingerprint density at radius 2 is 1.29 bits per heavy atom. The van der Waals surface area contributed by atoms with Crippen molar-refractivity contribution in [3.05, 3.63) is 0 Å². The molecule has 2 nitrogen and oxygen atoms in total. The molecule has 3 aliphatic rings. The van der Waals surface area contributed by atoms with Crippen molar-refractivity contribution in [2.24, 2.45) is 5.92 Å². The van der Waals surface area contributed by atoms with Crippen LogP contribution in [0.5, 0.6) is 0 Å². The molecule has 3 aliphatic carbocycles. The largest absolute Gasteiger partial charge is 0.317 e. The minimum Gasteiger partial charge on any atom is -0.317 e. The fraction of sp³-hybridized carbons (Fsp3) is 1.00. The van der Waals surface area contributed by atoms with Crippen LogP contribution in [0.1, 0.15) is 83.5 Å². The second-order valence-electron chi connectivity index (χ2n) is 7.87. The van der Waals surface area contributed by atoms with Gasteiger partial charge in [-0.25, -0.2) is 0 Å². The topological polar surface area (TPSA) is 15.3 Å². The maximum Gasteiger partial charge on any atom is 0.0104 e. The van der Waals surface area contributed by atoms with E-state index in [1.54, 1.807) is 0 Å². The number of hydrogen-bond acceptors (Lipinski definition) is 2. The summed E-state index contributed by atoms with van der Waals surface area (Å²) in [5.41, 5.74) is 0. The maximum atomic E-state index is 3.60. The van der Waals surface area contributed by atoms with Crippen LogP contribution >= 0.6 is 0 Å². The predicted octanol–water partition coefficient (Wildman–Crippen LogP) is 4.34. The summed E-state index contributed by atoms with van der Waals surface area (Å²) in [4.78, 5) is 3.01. The van der Waals surface area contributed by atoms with Gasteiger partial charge >= 0.3 is 0 Å². The van der Waals surface area contributed by atoms with Crippen molar-refractivity contribution in [2.45, 2.75) is 102 Å². The molecule has 0 aromatic carbocycles. The Labute approximate surface area is 132 Å². The molecule has 1 N–H and O–H groups in total. The molecule has 2 unspecified atom stereocenters. The molecule has 122 valence electrons. The average molecular weight is 293 g/mol. The molecule has 0 spiro atoms. The van der Waals surface area contributed by atoms with Gasteiger partial charge in [-0.2, -0.15) is 0 Å². The molecule has 3 fully saturated rings. The van der Waals surface area contributed by atoms with Crippen molar-refractivity contribution in [2.75, 3.05) is 13.6 Å². The van der Waals surface area contributed by atoms with Gasteiger partial charge in [-0.1, -0.05) is 44.9 Å². The van der Waals surface area contributed by atoms with Gasteiger partial charge in [0.1, 0.15) is 0 Å². The van der Waals surface area contributed by atoms with Crippen LogP contribution < -0.4 is 5.32 Å². The molecular formula is C19H36N2. The van der Waals surface area contributed by atoms with E-state index in [9.17, 15) is 0 Å².